The molecule has 1 rings (SSSR count). The molecule has 72 valence electrons. The molecule has 0 aromatic heterocycles. The molecule has 0 aliphatic carbocycles. The first-order valence-corrected chi connectivity index (χ1v) is 3.74. The number of carboxylic acid groups (broad SMARTS) is 1. The number of carboxylic acids is 1. The van der Waals surface area contributed by atoms with Crippen molar-refractivity contribution >= 4 is 29.3 Å². The second-order valence-corrected chi connectivity index (χ2v) is 2.70. The van der Waals surface area contributed by atoms with Gasteiger partial charge in [-0.2, -0.15) is 4.99 Å². The Morgan fingerprint density at radius 3 is 2.71 bits per heavy atom. The van der Waals surface area contributed by atoms with Crippen LogP contribution in [0.4, 0.5) is 10.1 Å². The van der Waals surface area contributed by atoms with Crippen molar-refractivity contribution in [1.82, 2.24) is 0 Å². The number of halogens is 2. The van der Waals surface area contributed by atoms with Gasteiger partial charge in [-0.15, -0.1) is 0 Å². The van der Waals surface area contributed by atoms with E-state index >= 15 is 0 Å². The SMILES string of the molecule is O=C=Nc1cc(C(=O)O)c(Cl)cc1F. The monoisotopic (exact) mass is 215 g/mol. The molecule has 0 radical (unpaired) electrons. The molecule has 1 aromatic carbocycles. The minimum atomic E-state index is -1.32. The summed E-state index contributed by atoms with van der Waals surface area (Å²) in [6.07, 6.45) is 1.11. The molecule has 1 N–H and O–H groups in total. The highest BCUT2D eigenvalue weighted by atomic mass is 35.5. The van der Waals surface area contributed by atoms with Crippen LogP contribution in [-0.4, -0.2) is 17.2 Å². The number of hydrogen-bond acceptors (Lipinski definition) is 3. The van der Waals surface area contributed by atoms with Gasteiger partial charge in [-0.3, -0.25) is 0 Å². The maximum Gasteiger partial charge on any atom is 0.337 e. The number of carbonyl (C=O) groups excluding carboxylic acids is 1. The lowest BCUT2D eigenvalue weighted by Crippen LogP contribution is -1.97. The molecule has 6 heteroatoms. The number of benzene rings is 1. The molecule has 1 aromatic rings. The third-order valence-electron chi connectivity index (χ3n) is 1.43. The van der Waals surface area contributed by atoms with E-state index in [2.05, 4.69) is 4.99 Å². The van der Waals surface area contributed by atoms with Gasteiger partial charge in [0.2, 0.25) is 6.08 Å². The van der Waals surface area contributed by atoms with E-state index in [0.29, 0.717) is 0 Å². The Hall–Kier alpha value is -1.71. The van der Waals surface area contributed by atoms with E-state index in [4.69, 9.17) is 16.7 Å². The van der Waals surface area contributed by atoms with E-state index in [1.54, 1.807) is 0 Å². The maximum absolute atomic E-state index is 12.9. The van der Waals surface area contributed by atoms with Gasteiger partial charge in [0.1, 0.15) is 5.69 Å². The molecule has 0 aliphatic heterocycles. The van der Waals surface area contributed by atoms with Gasteiger partial charge in [0.05, 0.1) is 10.6 Å². The Balaban J connectivity index is 3.41. The molecule has 0 aliphatic rings. The summed E-state index contributed by atoms with van der Waals surface area (Å²) in [6, 6.07) is 1.64. The summed E-state index contributed by atoms with van der Waals surface area (Å²) in [5.41, 5.74) is -0.719. The van der Waals surface area contributed by atoms with Crippen LogP contribution in [0.5, 0.6) is 0 Å². The highest BCUT2D eigenvalue weighted by Crippen LogP contribution is 2.25. The fourth-order valence-electron chi connectivity index (χ4n) is 0.836. The molecule has 0 spiro atoms. The lowest BCUT2D eigenvalue weighted by Gasteiger charge is -2.00. The van der Waals surface area contributed by atoms with Crippen LogP contribution in [0.2, 0.25) is 5.02 Å². The first-order chi connectivity index (χ1) is 6.56. The smallest absolute Gasteiger partial charge is 0.337 e. The fraction of sp³-hybridized carbons (Fsp3) is 0. The Labute approximate surface area is 82.6 Å². The average molecular weight is 216 g/mol. The van der Waals surface area contributed by atoms with Gasteiger partial charge in [0.25, 0.3) is 0 Å². The molecule has 0 amide bonds. The predicted molar refractivity (Wildman–Crippen MR) is 46.2 cm³/mol. The summed E-state index contributed by atoms with van der Waals surface area (Å²) < 4.78 is 12.9. The largest absolute Gasteiger partial charge is 0.478 e. The molecular weight excluding hydrogens is 213 g/mol. The minimum absolute atomic E-state index is 0.250. The van der Waals surface area contributed by atoms with Crippen LogP contribution >= 0.6 is 11.6 Å². The van der Waals surface area contributed by atoms with Gasteiger partial charge in [-0.25, -0.2) is 14.0 Å². The third kappa shape index (κ3) is 1.96. The van der Waals surface area contributed by atoms with E-state index < -0.39 is 17.5 Å². The Morgan fingerprint density at radius 1 is 1.57 bits per heavy atom. The van der Waals surface area contributed by atoms with Gasteiger partial charge in [-0.05, 0) is 12.1 Å². The van der Waals surface area contributed by atoms with E-state index in [1.165, 1.54) is 0 Å². The molecule has 14 heavy (non-hydrogen) atoms. The highest BCUT2D eigenvalue weighted by Gasteiger charge is 2.13. The van der Waals surface area contributed by atoms with Crippen LogP contribution in [-0.2, 0) is 4.79 Å². The predicted octanol–water partition coefficient (Wildman–Crippen LogP) is 2.14. The van der Waals surface area contributed by atoms with Crippen molar-refractivity contribution in [2.75, 3.05) is 0 Å². The standard InChI is InChI=1S/C8H3ClFNO3/c9-5-2-6(10)7(11-3-12)1-4(5)8(13)14/h1-2H,(H,13,14). The summed E-state index contributed by atoms with van der Waals surface area (Å²) in [5, 5.41) is 8.35. The fourth-order valence-corrected chi connectivity index (χ4v) is 1.07. The van der Waals surface area contributed by atoms with Gasteiger partial charge < -0.3 is 5.11 Å². The first kappa shape index (κ1) is 10.4. The highest BCUT2D eigenvalue weighted by molar-refractivity contribution is 6.33. The van der Waals surface area contributed by atoms with Crippen molar-refractivity contribution in [1.29, 1.82) is 0 Å². The lowest BCUT2D eigenvalue weighted by molar-refractivity contribution is 0.0697. The summed E-state index contributed by atoms with van der Waals surface area (Å²) in [7, 11) is 0. The van der Waals surface area contributed by atoms with Crippen molar-refractivity contribution < 1.29 is 19.1 Å². The van der Waals surface area contributed by atoms with Gasteiger partial charge >= 0.3 is 5.97 Å². The number of aromatic carboxylic acids is 1. The van der Waals surface area contributed by atoms with E-state index in [1.807, 2.05) is 0 Å². The van der Waals surface area contributed by atoms with E-state index in [0.717, 1.165) is 18.2 Å². The number of nitrogens with zero attached hydrogens (tertiary/aromatic N) is 1. The Morgan fingerprint density at radius 2 is 2.21 bits per heavy atom. The Kier molecular flexibility index (Phi) is 2.96. The first-order valence-electron chi connectivity index (χ1n) is 3.36. The van der Waals surface area contributed by atoms with E-state index in [9.17, 15) is 14.0 Å². The van der Waals surface area contributed by atoms with Crippen LogP contribution in [0.25, 0.3) is 0 Å². The molecule has 0 saturated heterocycles. The lowest BCUT2D eigenvalue weighted by atomic mass is 10.2. The Bertz CT molecular complexity index is 417. The summed E-state index contributed by atoms with van der Waals surface area (Å²) in [5.74, 6) is -2.19. The van der Waals surface area contributed by atoms with E-state index in [-0.39, 0.29) is 10.6 Å². The molecule has 0 fully saturated rings. The molecular formula is C8H3ClFNO3. The van der Waals surface area contributed by atoms with Crippen molar-refractivity contribution in [3.05, 3.63) is 28.5 Å². The molecule has 0 saturated carbocycles. The zero-order valence-corrected chi connectivity index (χ0v) is 7.38. The molecule has 4 nitrogen and oxygen atoms in total. The second-order valence-electron chi connectivity index (χ2n) is 2.29. The van der Waals surface area contributed by atoms with Crippen LogP contribution < -0.4 is 0 Å². The van der Waals surface area contributed by atoms with Crippen LogP contribution in [0.1, 0.15) is 10.4 Å². The topological polar surface area (TPSA) is 66.7 Å². The summed E-state index contributed by atoms with van der Waals surface area (Å²) in [4.78, 5) is 23.4. The van der Waals surface area contributed by atoms with Crippen molar-refractivity contribution in [3.63, 3.8) is 0 Å². The third-order valence-corrected chi connectivity index (χ3v) is 1.75. The van der Waals surface area contributed by atoms with Crippen LogP contribution in [0.15, 0.2) is 17.1 Å². The minimum Gasteiger partial charge on any atom is -0.478 e. The second kappa shape index (κ2) is 4.00. The molecule has 0 atom stereocenters. The average Bonchev–Trinajstić information content (AvgIpc) is 2.09. The number of hydrogen-bond donors (Lipinski definition) is 1. The zero-order valence-electron chi connectivity index (χ0n) is 6.62. The quantitative estimate of drug-likeness (QED) is 0.607. The molecule has 0 heterocycles. The summed E-state index contributed by atoms with van der Waals surface area (Å²) >= 11 is 5.44. The number of aliphatic imine (C=N–C) groups is 1. The van der Waals surface area contributed by atoms with Crippen molar-refractivity contribution in [3.8, 4) is 0 Å². The van der Waals surface area contributed by atoms with Crippen molar-refractivity contribution in [2.24, 2.45) is 4.99 Å². The normalized spacial score (nSPS) is 9.29. The van der Waals surface area contributed by atoms with Gasteiger partial charge in [0, 0.05) is 0 Å². The number of carbonyl (C=O) groups is 1. The number of rotatable bonds is 2. The van der Waals surface area contributed by atoms with Gasteiger partial charge in [0.15, 0.2) is 5.82 Å². The molecule has 0 bridgehead atoms. The molecule has 0 unspecified atom stereocenters. The summed E-state index contributed by atoms with van der Waals surface area (Å²) in [6.45, 7) is 0. The van der Waals surface area contributed by atoms with Crippen LogP contribution in [0.3, 0.4) is 0 Å². The zero-order chi connectivity index (χ0) is 10.7. The van der Waals surface area contributed by atoms with Crippen LogP contribution in [0, 0.1) is 5.82 Å². The maximum atomic E-state index is 12.9. The van der Waals surface area contributed by atoms with Crippen molar-refractivity contribution in [2.45, 2.75) is 0 Å². The number of isocyanates is 1. The van der Waals surface area contributed by atoms with Gasteiger partial charge in [-0.1, -0.05) is 11.6 Å².